The standard InChI is InChI=1S/C16H26N6.HI/c1-3-5-11-18-16(17-4-2)19-12-8-10-15-21-20-14-9-6-7-13-22(14)15;/h6-7,9,13H,3-5,8,10-12H2,1-2H3,(H2,17,18,19);1H. The summed E-state index contributed by atoms with van der Waals surface area (Å²) in [5.41, 5.74) is 0.899. The molecule has 2 rings (SSSR count). The first-order valence-electron chi connectivity index (χ1n) is 8.16. The SMILES string of the molecule is CCCCNC(=NCCCc1nnc2ccccn12)NCC.I. The Kier molecular flexibility index (Phi) is 9.58. The van der Waals surface area contributed by atoms with Crippen LogP contribution in [0.4, 0.5) is 0 Å². The van der Waals surface area contributed by atoms with E-state index in [2.05, 4.69) is 39.7 Å². The fraction of sp³-hybridized carbons (Fsp3) is 0.562. The smallest absolute Gasteiger partial charge is 0.191 e. The van der Waals surface area contributed by atoms with Gasteiger partial charge in [0.2, 0.25) is 0 Å². The molecule has 0 aliphatic carbocycles. The number of aromatic nitrogens is 3. The van der Waals surface area contributed by atoms with Crippen LogP contribution in [0.1, 0.15) is 38.9 Å². The van der Waals surface area contributed by atoms with Crippen LogP contribution in [-0.4, -0.2) is 40.2 Å². The van der Waals surface area contributed by atoms with E-state index in [0.717, 1.165) is 56.3 Å². The molecule has 0 aliphatic heterocycles. The number of nitrogens with zero attached hydrogens (tertiary/aromatic N) is 4. The van der Waals surface area contributed by atoms with Gasteiger partial charge in [0.25, 0.3) is 0 Å². The van der Waals surface area contributed by atoms with Crippen molar-refractivity contribution in [2.75, 3.05) is 19.6 Å². The van der Waals surface area contributed by atoms with Crippen molar-refractivity contribution >= 4 is 35.6 Å². The van der Waals surface area contributed by atoms with Gasteiger partial charge in [0, 0.05) is 32.3 Å². The molecule has 0 bridgehead atoms. The van der Waals surface area contributed by atoms with Crippen LogP contribution in [0.15, 0.2) is 29.4 Å². The number of rotatable bonds is 8. The van der Waals surface area contributed by atoms with Gasteiger partial charge < -0.3 is 10.6 Å². The monoisotopic (exact) mass is 430 g/mol. The van der Waals surface area contributed by atoms with Gasteiger partial charge in [-0.05, 0) is 31.9 Å². The molecule has 2 aromatic rings. The Balaban J connectivity index is 0.00000264. The van der Waals surface area contributed by atoms with Gasteiger partial charge in [-0.15, -0.1) is 34.2 Å². The molecule has 2 N–H and O–H groups in total. The van der Waals surface area contributed by atoms with Crippen molar-refractivity contribution < 1.29 is 0 Å². The van der Waals surface area contributed by atoms with E-state index < -0.39 is 0 Å². The molecule has 0 unspecified atom stereocenters. The highest BCUT2D eigenvalue weighted by Crippen LogP contribution is 2.05. The first-order chi connectivity index (χ1) is 10.8. The predicted octanol–water partition coefficient (Wildman–Crippen LogP) is 2.64. The quantitative estimate of drug-likeness (QED) is 0.293. The van der Waals surface area contributed by atoms with Crippen LogP contribution >= 0.6 is 24.0 Å². The Morgan fingerprint density at radius 3 is 2.83 bits per heavy atom. The van der Waals surface area contributed by atoms with Crippen LogP contribution in [0.5, 0.6) is 0 Å². The van der Waals surface area contributed by atoms with Crippen molar-refractivity contribution in [2.24, 2.45) is 4.99 Å². The van der Waals surface area contributed by atoms with Crippen LogP contribution in [0.3, 0.4) is 0 Å². The maximum atomic E-state index is 4.60. The molecule has 2 heterocycles. The highest BCUT2D eigenvalue weighted by molar-refractivity contribution is 14.0. The van der Waals surface area contributed by atoms with Crippen LogP contribution in [-0.2, 0) is 6.42 Å². The summed E-state index contributed by atoms with van der Waals surface area (Å²) in [6.45, 7) is 6.90. The Morgan fingerprint density at radius 2 is 2.04 bits per heavy atom. The van der Waals surface area contributed by atoms with Crippen LogP contribution in [0.25, 0.3) is 5.65 Å². The number of pyridine rings is 1. The predicted molar refractivity (Wildman–Crippen MR) is 106 cm³/mol. The van der Waals surface area contributed by atoms with Crippen molar-refractivity contribution in [1.82, 2.24) is 25.2 Å². The molecule has 0 atom stereocenters. The van der Waals surface area contributed by atoms with Gasteiger partial charge in [0.15, 0.2) is 11.6 Å². The van der Waals surface area contributed by atoms with Crippen LogP contribution < -0.4 is 10.6 Å². The molecule has 0 amide bonds. The molecule has 128 valence electrons. The van der Waals surface area contributed by atoms with E-state index in [-0.39, 0.29) is 24.0 Å². The number of guanidine groups is 1. The number of hydrogen-bond acceptors (Lipinski definition) is 3. The summed E-state index contributed by atoms with van der Waals surface area (Å²) < 4.78 is 2.04. The molecular weight excluding hydrogens is 403 g/mol. The van der Waals surface area contributed by atoms with E-state index in [1.54, 1.807) is 0 Å². The third kappa shape index (κ3) is 6.32. The molecule has 0 saturated carbocycles. The van der Waals surface area contributed by atoms with E-state index in [1.807, 2.05) is 28.8 Å². The summed E-state index contributed by atoms with van der Waals surface area (Å²) in [5.74, 6) is 1.90. The highest BCUT2D eigenvalue weighted by atomic mass is 127. The fourth-order valence-electron chi connectivity index (χ4n) is 2.21. The van der Waals surface area contributed by atoms with E-state index in [0.29, 0.717) is 0 Å². The average Bonchev–Trinajstić information content (AvgIpc) is 2.95. The molecule has 0 saturated heterocycles. The lowest BCUT2D eigenvalue weighted by Crippen LogP contribution is -2.37. The largest absolute Gasteiger partial charge is 0.357 e. The van der Waals surface area contributed by atoms with Gasteiger partial charge in [-0.3, -0.25) is 9.39 Å². The minimum absolute atomic E-state index is 0. The maximum Gasteiger partial charge on any atom is 0.191 e. The normalized spacial score (nSPS) is 11.3. The van der Waals surface area contributed by atoms with E-state index in [1.165, 1.54) is 6.42 Å². The summed E-state index contributed by atoms with van der Waals surface area (Å²) in [7, 11) is 0. The van der Waals surface area contributed by atoms with Gasteiger partial charge in [-0.25, -0.2) is 0 Å². The zero-order valence-corrected chi connectivity index (χ0v) is 16.3. The van der Waals surface area contributed by atoms with Crippen LogP contribution in [0.2, 0.25) is 0 Å². The van der Waals surface area contributed by atoms with Crippen molar-refractivity contribution in [3.05, 3.63) is 30.2 Å². The zero-order chi connectivity index (χ0) is 15.6. The lowest BCUT2D eigenvalue weighted by molar-refractivity contribution is 0.720. The molecule has 23 heavy (non-hydrogen) atoms. The number of nitrogens with one attached hydrogen (secondary N) is 2. The molecule has 6 nitrogen and oxygen atoms in total. The summed E-state index contributed by atoms with van der Waals surface area (Å²) in [4.78, 5) is 4.60. The van der Waals surface area contributed by atoms with Gasteiger partial charge >= 0.3 is 0 Å². The number of aliphatic imine (C=N–C) groups is 1. The van der Waals surface area contributed by atoms with Crippen LogP contribution in [0, 0.1) is 0 Å². The van der Waals surface area contributed by atoms with Crippen molar-refractivity contribution in [3.8, 4) is 0 Å². The summed E-state index contributed by atoms with van der Waals surface area (Å²) in [5, 5.41) is 15.0. The van der Waals surface area contributed by atoms with E-state index in [9.17, 15) is 0 Å². The topological polar surface area (TPSA) is 66.6 Å². The van der Waals surface area contributed by atoms with Crippen molar-refractivity contribution in [2.45, 2.75) is 39.5 Å². The van der Waals surface area contributed by atoms with Crippen molar-refractivity contribution in [1.29, 1.82) is 0 Å². The number of unbranched alkanes of at least 4 members (excludes halogenated alkanes) is 1. The molecular formula is C16H27IN6. The van der Waals surface area contributed by atoms with Gasteiger partial charge in [-0.2, -0.15) is 0 Å². The fourth-order valence-corrected chi connectivity index (χ4v) is 2.21. The Bertz CT molecular complexity index is 595. The number of fused-ring (bicyclic) bond motifs is 1. The minimum Gasteiger partial charge on any atom is -0.357 e. The minimum atomic E-state index is 0. The lowest BCUT2D eigenvalue weighted by atomic mass is 10.3. The van der Waals surface area contributed by atoms with Gasteiger partial charge in [-0.1, -0.05) is 19.4 Å². The molecule has 0 fully saturated rings. The number of hydrogen-bond donors (Lipinski definition) is 2. The molecule has 2 aromatic heterocycles. The summed E-state index contributed by atoms with van der Waals surface area (Å²) >= 11 is 0. The molecule has 0 aliphatic rings. The Hall–Kier alpha value is -1.38. The lowest BCUT2D eigenvalue weighted by Gasteiger charge is -2.10. The maximum absolute atomic E-state index is 4.60. The second-order valence-electron chi connectivity index (χ2n) is 5.19. The zero-order valence-electron chi connectivity index (χ0n) is 14.0. The molecule has 0 aromatic carbocycles. The Morgan fingerprint density at radius 1 is 1.17 bits per heavy atom. The second-order valence-corrected chi connectivity index (χ2v) is 5.19. The third-order valence-corrected chi connectivity index (χ3v) is 3.38. The number of aryl methyl sites for hydroxylation is 1. The average molecular weight is 430 g/mol. The summed E-state index contributed by atoms with van der Waals surface area (Å²) in [6.07, 6.45) is 6.19. The molecule has 0 radical (unpaired) electrons. The summed E-state index contributed by atoms with van der Waals surface area (Å²) in [6, 6.07) is 5.94. The first-order valence-corrected chi connectivity index (χ1v) is 8.16. The first kappa shape index (κ1) is 19.7. The second kappa shape index (κ2) is 11.2. The number of halogens is 1. The van der Waals surface area contributed by atoms with Gasteiger partial charge in [0.05, 0.1) is 0 Å². The van der Waals surface area contributed by atoms with E-state index in [4.69, 9.17) is 0 Å². The molecule has 7 heteroatoms. The van der Waals surface area contributed by atoms with E-state index >= 15 is 0 Å². The third-order valence-electron chi connectivity index (χ3n) is 3.38. The van der Waals surface area contributed by atoms with Gasteiger partial charge in [0.1, 0.15) is 5.82 Å². The van der Waals surface area contributed by atoms with Crippen molar-refractivity contribution in [3.63, 3.8) is 0 Å². The Labute approximate surface area is 155 Å². The molecule has 0 spiro atoms. The highest BCUT2D eigenvalue weighted by Gasteiger charge is 2.03.